The predicted octanol–water partition coefficient (Wildman–Crippen LogP) is 3.24. The zero-order valence-electron chi connectivity index (χ0n) is 14.3. The maximum atomic E-state index is 10.7. The van der Waals surface area contributed by atoms with Gasteiger partial charge in [-0.15, -0.1) is 0 Å². The largest absolute Gasteiger partial charge is 0.388 e. The number of aromatic nitrogens is 2. The molecule has 0 saturated heterocycles. The molecule has 23 heavy (non-hydrogen) atoms. The number of aliphatic hydroxyl groups excluding tert-OH is 1. The summed E-state index contributed by atoms with van der Waals surface area (Å²) in [6.07, 6.45) is 5.80. The first-order valence-corrected chi connectivity index (χ1v) is 8.38. The Morgan fingerprint density at radius 1 is 1.26 bits per heavy atom. The standard InChI is InChI=1S/C19H27N3O/c1-18(2,3)22-13-15(12-21-22)11-20-14-19(9-10-19)17(23)16-7-5-4-6-8-16/h4-8,12-13,17,20,23H,9-11,14H2,1-3H3. The van der Waals surface area contributed by atoms with E-state index in [1.165, 1.54) is 5.56 Å². The van der Waals surface area contributed by atoms with Crippen LogP contribution in [0, 0.1) is 5.41 Å². The summed E-state index contributed by atoms with van der Waals surface area (Å²) in [6.45, 7) is 8.06. The summed E-state index contributed by atoms with van der Waals surface area (Å²) in [6, 6.07) is 9.99. The Bertz CT molecular complexity index is 638. The molecule has 1 aromatic heterocycles. The molecule has 0 spiro atoms. The Balaban J connectivity index is 1.55. The monoisotopic (exact) mass is 313 g/mol. The molecule has 0 aliphatic heterocycles. The van der Waals surface area contributed by atoms with Gasteiger partial charge in [0.05, 0.1) is 17.8 Å². The van der Waals surface area contributed by atoms with Crippen LogP contribution < -0.4 is 5.32 Å². The van der Waals surface area contributed by atoms with Crippen molar-refractivity contribution in [3.05, 3.63) is 53.9 Å². The number of benzene rings is 1. The molecule has 1 saturated carbocycles. The summed E-state index contributed by atoms with van der Waals surface area (Å²) >= 11 is 0. The van der Waals surface area contributed by atoms with Crippen molar-refractivity contribution in [1.29, 1.82) is 0 Å². The van der Waals surface area contributed by atoms with Crippen LogP contribution in [0.5, 0.6) is 0 Å². The van der Waals surface area contributed by atoms with Crippen molar-refractivity contribution in [3.63, 3.8) is 0 Å². The molecule has 0 amide bonds. The molecule has 2 aromatic rings. The predicted molar refractivity (Wildman–Crippen MR) is 92.0 cm³/mol. The summed E-state index contributed by atoms with van der Waals surface area (Å²) in [5.74, 6) is 0. The average molecular weight is 313 g/mol. The summed E-state index contributed by atoms with van der Waals surface area (Å²) in [7, 11) is 0. The molecule has 124 valence electrons. The van der Waals surface area contributed by atoms with E-state index in [1.807, 2.05) is 41.2 Å². The third-order valence-electron chi connectivity index (χ3n) is 4.72. The third kappa shape index (κ3) is 3.65. The van der Waals surface area contributed by atoms with Crippen LogP contribution in [0.4, 0.5) is 0 Å². The lowest BCUT2D eigenvalue weighted by Crippen LogP contribution is -2.28. The first kappa shape index (κ1) is 16.2. The van der Waals surface area contributed by atoms with Crippen molar-refractivity contribution in [2.45, 2.75) is 51.8 Å². The van der Waals surface area contributed by atoms with E-state index in [4.69, 9.17) is 0 Å². The fourth-order valence-corrected chi connectivity index (χ4v) is 2.97. The topological polar surface area (TPSA) is 50.1 Å². The van der Waals surface area contributed by atoms with E-state index in [9.17, 15) is 5.11 Å². The Labute approximate surface area is 138 Å². The molecule has 1 aliphatic carbocycles. The SMILES string of the molecule is CC(C)(C)n1cc(CNCC2(C(O)c3ccccc3)CC2)cn1. The third-order valence-corrected chi connectivity index (χ3v) is 4.72. The number of nitrogens with one attached hydrogen (secondary N) is 1. The zero-order valence-corrected chi connectivity index (χ0v) is 14.3. The molecule has 1 fully saturated rings. The highest BCUT2D eigenvalue weighted by molar-refractivity contribution is 5.22. The fourth-order valence-electron chi connectivity index (χ4n) is 2.97. The second-order valence-electron chi connectivity index (χ2n) is 7.74. The Morgan fingerprint density at radius 3 is 2.52 bits per heavy atom. The van der Waals surface area contributed by atoms with E-state index in [0.717, 1.165) is 31.5 Å². The molecule has 2 N–H and O–H groups in total. The second kappa shape index (κ2) is 6.10. The smallest absolute Gasteiger partial charge is 0.0858 e. The van der Waals surface area contributed by atoms with Gasteiger partial charge >= 0.3 is 0 Å². The number of hydrogen-bond acceptors (Lipinski definition) is 3. The van der Waals surface area contributed by atoms with Gasteiger partial charge in [-0.25, -0.2) is 0 Å². The zero-order chi connectivity index (χ0) is 16.5. The molecule has 1 aromatic carbocycles. The van der Waals surface area contributed by atoms with Crippen molar-refractivity contribution in [3.8, 4) is 0 Å². The lowest BCUT2D eigenvalue weighted by atomic mass is 9.92. The normalized spacial score (nSPS) is 17.9. The van der Waals surface area contributed by atoms with E-state index in [-0.39, 0.29) is 17.1 Å². The number of rotatable bonds is 6. The molecule has 1 aliphatic rings. The van der Waals surface area contributed by atoms with Gasteiger partial charge in [0.1, 0.15) is 0 Å². The Morgan fingerprint density at radius 2 is 1.96 bits per heavy atom. The van der Waals surface area contributed by atoms with Gasteiger partial charge in [0.15, 0.2) is 0 Å². The molecule has 1 atom stereocenters. The molecule has 0 radical (unpaired) electrons. The van der Waals surface area contributed by atoms with Crippen LogP contribution in [0.15, 0.2) is 42.7 Å². The minimum atomic E-state index is -0.381. The lowest BCUT2D eigenvalue weighted by molar-refractivity contribution is 0.0917. The molecule has 1 unspecified atom stereocenters. The Hall–Kier alpha value is -1.65. The number of nitrogens with zero attached hydrogens (tertiary/aromatic N) is 2. The minimum absolute atomic E-state index is 0.00136. The minimum Gasteiger partial charge on any atom is -0.388 e. The van der Waals surface area contributed by atoms with E-state index in [1.54, 1.807) is 0 Å². The van der Waals surface area contributed by atoms with Crippen LogP contribution in [-0.2, 0) is 12.1 Å². The Kier molecular flexibility index (Phi) is 4.30. The van der Waals surface area contributed by atoms with Gasteiger partial charge in [-0.2, -0.15) is 5.10 Å². The van der Waals surface area contributed by atoms with Gasteiger partial charge in [-0.3, -0.25) is 4.68 Å². The van der Waals surface area contributed by atoms with Crippen LogP contribution in [-0.4, -0.2) is 21.4 Å². The van der Waals surface area contributed by atoms with Crippen molar-refractivity contribution in [1.82, 2.24) is 15.1 Å². The molecular weight excluding hydrogens is 286 g/mol. The van der Waals surface area contributed by atoms with Gasteiger partial charge in [0.25, 0.3) is 0 Å². The summed E-state index contributed by atoms with van der Waals surface area (Å²) < 4.78 is 2.00. The van der Waals surface area contributed by atoms with Crippen LogP contribution >= 0.6 is 0 Å². The molecule has 3 rings (SSSR count). The average Bonchev–Trinajstić information content (AvgIpc) is 3.15. The highest BCUT2D eigenvalue weighted by Crippen LogP contribution is 2.54. The van der Waals surface area contributed by atoms with Crippen molar-refractivity contribution in [2.24, 2.45) is 5.41 Å². The first-order chi connectivity index (χ1) is 10.9. The van der Waals surface area contributed by atoms with Crippen LogP contribution in [0.3, 0.4) is 0 Å². The van der Waals surface area contributed by atoms with Crippen LogP contribution in [0.25, 0.3) is 0 Å². The summed E-state index contributed by atoms with van der Waals surface area (Å²) in [5, 5.41) is 18.6. The lowest BCUT2D eigenvalue weighted by Gasteiger charge is -2.23. The maximum Gasteiger partial charge on any atom is 0.0858 e. The highest BCUT2D eigenvalue weighted by Gasteiger charge is 2.48. The highest BCUT2D eigenvalue weighted by atomic mass is 16.3. The second-order valence-corrected chi connectivity index (χ2v) is 7.74. The molecule has 4 heteroatoms. The van der Waals surface area contributed by atoms with E-state index in [2.05, 4.69) is 37.4 Å². The quantitative estimate of drug-likeness (QED) is 0.861. The van der Waals surface area contributed by atoms with Crippen molar-refractivity contribution >= 4 is 0 Å². The molecule has 4 nitrogen and oxygen atoms in total. The number of aliphatic hydroxyl groups is 1. The van der Waals surface area contributed by atoms with Crippen molar-refractivity contribution < 1.29 is 5.11 Å². The molecule has 0 bridgehead atoms. The number of hydrogen-bond donors (Lipinski definition) is 2. The van der Waals surface area contributed by atoms with Crippen LogP contribution in [0.2, 0.25) is 0 Å². The summed E-state index contributed by atoms with van der Waals surface area (Å²) in [4.78, 5) is 0. The van der Waals surface area contributed by atoms with Gasteiger partial charge in [0.2, 0.25) is 0 Å². The molecular formula is C19H27N3O. The van der Waals surface area contributed by atoms with E-state index < -0.39 is 0 Å². The van der Waals surface area contributed by atoms with Gasteiger partial charge in [0, 0.05) is 30.3 Å². The fraction of sp³-hybridized carbons (Fsp3) is 0.526. The van der Waals surface area contributed by atoms with Gasteiger partial charge < -0.3 is 10.4 Å². The molecule has 1 heterocycles. The van der Waals surface area contributed by atoms with E-state index >= 15 is 0 Å². The first-order valence-electron chi connectivity index (χ1n) is 8.38. The summed E-state index contributed by atoms with van der Waals surface area (Å²) in [5.41, 5.74) is 2.22. The van der Waals surface area contributed by atoms with E-state index in [0.29, 0.717) is 0 Å². The van der Waals surface area contributed by atoms with Crippen molar-refractivity contribution in [2.75, 3.05) is 6.54 Å². The van der Waals surface area contributed by atoms with Gasteiger partial charge in [-0.05, 0) is 39.2 Å². The van der Waals surface area contributed by atoms with Gasteiger partial charge in [-0.1, -0.05) is 30.3 Å². The maximum absolute atomic E-state index is 10.7. The van der Waals surface area contributed by atoms with Crippen LogP contribution in [0.1, 0.15) is 50.8 Å².